The van der Waals surface area contributed by atoms with Crippen LogP contribution in [0.15, 0.2) is 6.20 Å². The van der Waals surface area contributed by atoms with Gasteiger partial charge in [0.15, 0.2) is 0 Å². The summed E-state index contributed by atoms with van der Waals surface area (Å²) in [4.78, 5) is 22.8. The van der Waals surface area contributed by atoms with Crippen molar-refractivity contribution in [3.8, 4) is 0 Å². The maximum atomic E-state index is 11.9. The molecule has 1 fully saturated rings. The molecule has 1 aromatic heterocycles. The zero-order valence-electron chi connectivity index (χ0n) is 11.5. The van der Waals surface area contributed by atoms with Crippen LogP contribution in [0, 0.1) is 6.92 Å². The van der Waals surface area contributed by atoms with Gasteiger partial charge in [0.05, 0.1) is 17.9 Å². The number of rotatable bonds is 5. The van der Waals surface area contributed by atoms with Gasteiger partial charge in [-0.3, -0.25) is 4.79 Å². The van der Waals surface area contributed by atoms with E-state index in [1.807, 2.05) is 6.92 Å². The van der Waals surface area contributed by atoms with Crippen molar-refractivity contribution >= 4 is 11.9 Å². The smallest absolute Gasteiger partial charge is 0.254 e. The van der Waals surface area contributed by atoms with Gasteiger partial charge in [-0.15, -0.1) is 0 Å². The Morgan fingerprint density at radius 1 is 1.47 bits per heavy atom. The van der Waals surface area contributed by atoms with Crippen LogP contribution in [-0.2, 0) is 4.74 Å². The van der Waals surface area contributed by atoms with Crippen LogP contribution in [-0.4, -0.2) is 49.2 Å². The molecule has 0 atom stereocenters. The molecule has 0 bridgehead atoms. The van der Waals surface area contributed by atoms with E-state index in [9.17, 15) is 4.79 Å². The van der Waals surface area contributed by atoms with E-state index in [-0.39, 0.29) is 5.91 Å². The van der Waals surface area contributed by atoms with E-state index in [0.29, 0.717) is 24.4 Å². The highest BCUT2D eigenvalue weighted by Crippen LogP contribution is 2.16. The number of hydrogen-bond acceptors (Lipinski definition) is 5. The number of anilines is 1. The first-order valence-corrected chi connectivity index (χ1v) is 6.58. The van der Waals surface area contributed by atoms with Gasteiger partial charge in [0.1, 0.15) is 0 Å². The van der Waals surface area contributed by atoms with Crippen LogP contribution in [0.1, 0.15) is 28.9 Å². The number of nitrogens with zero attached hydrogens (tertiary/aromatic N) is 3. The number of carbonyl (C=O) groups is 1. The third kappa shape index (κ3) is 3.41. The third-order valence-electron chi connectivity index (χ3n) is 3.19. The lowest BCUT2D eigenvalue weighted by atomic mass is 10.2. The molecule has 0 unspecified atom stereocenters. The minimum atomic E-state index is -0.150. The van der Waals surface area contributed by atoms with E-state index in [1.165, 1.54) is 12.8 Å². The van der Waals surface area contributed by atoms with E-state index in [2.05, 4.69) is 20.2 Å². The average molecular weight is 264 g/mol. The van der Waals surface area contributed by atoms with Crippen LogP contribution in [0.25, 0.3) is 0 Å². The summed E-state index contributed by atoms with van der Waals surface area (Å²) in [6.45, 7) is 4.82. The molecule has 1 amide bonds. The molecular weight excluding hydrogens is 244 g/mol. The van der Waals surface area contributed by atoms with E-state index in [1.54, 1.807) is 13.3 Å². The standard InChI is InChI=1S/C13H20N4O2/c1-10-11(12(18)14-5-8-19-2)9-15-13(16-10)17-6-3-4-7-17/h9H,3-8H2,1-2H3,(H,14,18). The molecular formula is C13H20N4O2. The molecule has 1 N–H and O–H groups in total. The second-order valence-electron chi connectivity index (χ2n) is 4.61. The normalized spacial score (nSPS) is 14.7. The van der Waals surface area contributed by atoms with Crippen molar-refractivity contribution in [3.63, 3.8) is 0 Å². The van der Waals surface area contributed by atoms with E-state index < -0.39 is 0 Å². The Kier molecular flexibility index (Phi) is 4.68. The molecule has 2 heterocycles. The third-order valence-corrected chi connectivity index (χ3v) is 3.19. The van der Waals surface area contributed by atoms with Crippen LogP contribution in [0.4, 0.5) is 5.95 Å². The molecule has 1 saturated heterocycles. The molecule has 19 heavy (non-hydrogen) atoms. The van der Waals surface area contributed by atoms with Crippen molar-refractivity contribution in [2.75, 3.05) is 38.3 Å². The zero-order chi connectivity index (χ0) is 13.7. The van der Waals surface area contributed by atoms with Gasteiger partial charge in [0.2, 0.25) is 5.95 Å². The van der Waals surface area contributed by atoms with Gasteiger partial charge in [-0.2, -0.15) is 0 Å². The molecule has 6 heteroatoms. The maximum absolute atomic E-state index is 11.9. The minimum Gasteiger partial charge on any atom is -0.383 e. The van der Waals surface area contributed by atoms with Gasteiger partial charge in [0, 0.05) is 32.9 Å². The first kappa shape index (κ1) is 13.7. The Bertz CT molecular complexity index is 444. The summed E-state index contributed by atoms with van der Waals surface area (Å²) in [5.74, 6) is 0.575. The summed E-state index contributed by atoms with van der Waals surface area (Å²) >= 11 is 0. The monoisotopic (exact) mass is 264 g/mol. The van der Waals surface area contributed by atoms with Gasteiger partial charge >= 0.3 is 0 Å². The van der Waals surface area contributed by atoms with Crippen LogP contribution in [0.3, 0.4) is 0 Å². The Labute approximate surface area is 113 Å². The molecule has 0 saturated carbocycles. The molecule has 0 aliphatic carbocycles. The predicted molar refractivity (Wildman–Crippen MR) is 72.4 cm³/mol. The summed E-state index contributed by atoms with van der Waals surface area (Å²) in [6.07, 6.45) is 3.97. The van der Waals surface area contributed by atoms with E-state index in [4.69, 9.17) is 4.74 Å². The topological polar surface area (TPSA) is 67.3 Å². The lowest BCUT2D eigenvalue weighted by Gasteiger charge is -2.16. The number of amides is 1. The second kappa shape index (κ2) is 6.47. The summed E-state index contributed by atoms with van der Waals surface area (Å²) < 4.78 is 4.89. The minimum absolute atomic E-state index is 0.150. The van der Waals surface area contributed by atoms with Crippen LogP contribution in [0.5, 0.6) is 0 Å². The fraction of sp³-hybridized carbons (Fsp3) is 0.615. The molecule has 0 spiro atoms. The van der Waals surface area contributed by atoms with Gasteiger partial charge < -0.3 is 15.0 Å². The summed E-state index contributed by atoms with van der Waals surface area (Å²) in [5, 5.41) is 2.77. The van der Waals surface area contributed by atoms with Crippen LogP contribution in [0.2, 0.25) is 0 Å². The number of aryl methyl sites for hydroxylation is 1. The Hall–Kier alpha value is -1.69. The predicted octanol–water partition coefficient (Wildman–Crippen LogP) is 0.761. The summed E-state index contributed by atoms with van der Waals surface area (Å²) in [5.41, 5.74) is 1.24. The SMILES string of the molecule is COCCNC(=O)c1cnc(N2CCCC2)nc1C. The maximum Gasteiger partial charge on any atom is 0.254 e. The fourth-order valence-electron chi connectivity index (χ4n) is 2.11. The molecule has 6 nitrogen and oxygen atoms in total. The van der Waals surface area contributed by atoms with Gasteiger partial charge in [-0.1, -0.05) is 0 Å². The van der Waals surface area contributed by atoms with Crippen molar-refractivity contribution in [1.82, 2.24) is 15.3 Å². The van der Waals surface area contributed by atoms with E-state index >= 15 is 0 Å². The van der Waals surface area contributed by atoms with Crippen molar-refractivity contribution in [3.05, 3.63) is 17.5 Å². The van der Waals surface area contributed by atoms with Crippen LogP contribution < -0.4 is 10.2 Å². The van der Waals surface area contributed by atoms with Gasteiger partial charge in [0.25, 0.3) is 5.91 Å². The lowest BCUT2D eigenvalue weighted by molar-refractivity contribution is 0.0935. The van der Waals surface area contributed by atoms with Crippen molar-refractivity contribution in [2.45, 2.75) is 19.8 Å². The highest BCUT2D eigenvalue weighted by Gasteiger charge is 2.17. The van der Waals surface area contributed by atoms with Crippen molar-refractivity contribution in [2.24, 2.45) is 0 Å². The first-order chi connectivity index (χ1) is 9.22. The molecule has 0 aromatic carbocycles. The highest BCUT2D eigenvalue weighted by atomic mass is 16.5. The number of aromatic nitrogens is 2. The summed E-state index contributed by atoms with van der Waals surface area (Å²) in [6, 6.07) is 0. The molecule has 0 radical (unpaired) electrons. The van der Waals surface area contributed by atoms with E-state index in [0.717, 1.165) is 19.0 Å². The van der Waals surface area contributed by atoms with Gasteiger partial charge in [-0.25, -0.2) is 9.97 Å². The second-order valence-corrected chi connectivity index (χ2v) is 4.61. The molecule has 1 aliphatic heterocycles. The number of methoxy groups -OCH3 is 1. The highest BCUT2D eigenvalue weighted by molar-refractivity contribution is 5.94. The van der Waals surface area contributed by atoms with Crippen LogP contribution >= 0.6 is 0 Å². The molecule has 1 aliphatic rings. The fourth-order valence-corrected chi connectivity index (χ4v) is 2.11. The average Bonchev–Trinajstić information content (AvgIpc) is 2.92. The lowest BCUT2D eigenvalue weighted by Crippen LogP contribution is -2.28. The summed E-state index contributed by atoms with van der Waals surface area (Å²) in [7, 11) is 1.60. The number of nitrogens with one attached hydrogen (secondary N) is 1. The Balaban J connectivity index is 2.03. The molecule has 1 aromatic rings. The molecule has 104 valence electrons. The first-order valence-electron chi connectivity index (χ1n) is 6.58. The zero-order valence-corrected chi connectivity index (χ0v) is 11.5. The molecule has 2 rings (SSSR count). The number of ether oxygens (including phenoxy) is 1. The number of carbonyl (C=O) groups excluding carboxylic acids is 1. The van der Waals surface area contributed by atoms with Gasteiger partial charge in [-0.05, 0) is 19.8 Å². The quantitative estimate of drug-likeness (QED) is 0.795. The van der Waals surface area contributed by atoms with Crippen molar-refractivity contribution in [1.29, 1.82) is 0 Å². The van der Waals surface area contributed by atoms with Crippen molar-refractivity contribution < 1.29 is 9.53 Å². The number of hydrogen-bond donors (Lipinski definition) is 1. The Morgan fingerprint density at radius 3 is 2.84 bits per heavy atom. The largest absolute Gasteiger partial charge is 0.383 e. The Morgan fingerprint density at radius 2 is 2.21 bits per heavy atom.